The lowest BCUT2D eigenvalue weighted by molar-refractivity contribution is 0.174. The van der Waals surface area contributed by atoms with E-state index < -0.39 is 0 Å². The third-order valence-corrected chi connectivity index (χ3v) is 3.86. The molecule has 0 saturated carbocycles. The molecule has 0 aliphatic carbocycles. The van der Waals surface area contributed by atoms with E-state index in [2.05, 4.69) is 6.07 Å². The number of nitrogen functional groups attached to an aromatic ring is 1. The molecule has 1 aliphatic rings. The zero-order chi connectivity index (χ0) is 15.8. The van der Waals surface area contributed by atoms with Gasteiger partial charge in [0.1, 0.15) is 5.82 Å². The first-order valence-electron chi connectivity index (χ1n) is 7.29. The van der Waals surface area contributed by atoms with E-state index in [1.807, 2.05) is 41.0 Å². The number of anilines is 1. The maximum atomic E-state index is 8.94. The van der Waals surface area contributed by atoms with E-state index >= 15 is 0 Å². The molecule has 6 heteroatoms. The predicted molar refractivity (Wildman–Crippen MR) is 85.9 cm³/mol. The summed E-state index contributed by atoms with van der Waals surface area (Å²) >= 11 is 0. The summed E-state index contributed by atoms with van der Waals surface area (Å²) in [6.45, 7) is 0.789. The van der Waals surface area contributed by atoms with Crippen LogP contribution in [0.5, 0.6) is 11.5 Å². The second kappa shape index (κ2) is 5.21. The first-order valence-corrected chi connectivity index (χ1v) is 7.29. The van der Waals surface area contributed by atoms with Crippen LogP contribution in [0.3, 0.4) is 0 Å². The number of nitrogens with two attached hydrogens (primary N) is 1. The topological polar surface area (TPSA) is 86.1 Å². The van der Waals surface area contributed by atoms with E-state index in [0.717, 1.165) is 22.4 Å². The van der Waals surface area contributed by atoms with E-state index in [1.165, 1.54) is 0 Å². The Balaban J connectivity index is 1.92. The molecule has 0 amide bonds. The minimum atomic E-state index is 0.227. The fourth-order valence-electron chi connectivity index (χ4n) is 2.76. The summed E-state index contributed by atoms with van der Waals surface area (Å²) in [7, 11) is 0. The normalized spacial score (nSPS) is 12.5. The van der Waals surface area contributed by atoms with Crippen molar-refractivity contribution in [1.82, 2.24) is 9.55 Å². The van der Waals surface area contributed by atoms with E-state index in [0.29, 0.717) is 30.2 Å². The minimum absolute atomic E-state index is 0.227. The van der Waals surface area contributed by atoms with Crippen LogP contribution in [-0.2, 0) is 6.54 Å². The van der Waals surface area contributed by atoms with Gasteiger partial charge in [0.15, 0.2) is 11.5 Å². The van der Waals surface area contributed by atoms with Crippen LogP contribution in [0.4, 0.5) is 5.69 Å². The van der Waals surface area contributed by atoms with Gasteiger partial charge in [-0.05, 0) is 24.3 Å². The molecule has 4 rings (SSSR count). The van der Waals surface area contributed by atoms with Crippen molar-refractivity contribution in [2.24, 2.45) is 0 Å². The molecule has 2 heterocycles. The van der Waals surface area contributed by atoms with Crippen molar-refractivity contribution in [3.8, 4) is 29.0 Å². The molecule has 2 N–H and O–H groups in total. The number of nitriles is 1. The molecule has 2 aromatic carbocycles. The highest BCUT2D eigenvalue weighted by Gasteiger charge is 2.19. The molecule has 3 aromatic rings. The van der Waals surface area contributed by atoms with Gasteiger partial charge in [-0.3, -0.25) is 0 Å². The van der Waals surface area contributed by atoms with Crippen molar-refractivity contribution in [2.75, 3.05) is 12.5 Å². The second-order valence-corrected chi connectivity index (χ2v) is 5.31. The van der Waals surface area contributed by atoms with Gasteiger partial charge in [0.05, 0.1) is 23.5 Å². The van der Waals surface area contributed by atoms with Crippen LogP contribution < -0.4 is 15.2 Å². The smallest absolute Gasteiger partial charge is 0.231 e. The number of rotatable bonds is 3. The van der Waals surface area contributed by atoms with Gasteiger partial charge in [-0.25, -0.2) is 4.98 Å². The average Bonchev–Trinajstić information content (AvgIpc) is 3.15. The number of imidazole rings is 1. The van der Waals surface area contributed by atoms with Crippen LogP contribution in [0.2, 0.25) is 0 Å². The van der Waals surface area contributed by atoms with E-state index in [1.54, 1.807) is 0 Å². The fraction of sp³-hybridized carbons (Fsp3) is 0.176. The number of hydrogen-bond acceptors (Lipinski definition) is 5. The van der Waals surface area contributed by atoms with Gasteiger partial charge in [0.25, 0.3) is 0 Å². The predicted octanol–water partition coefficient (Wildman–Crippen LogP) is 2.93. The van der Waals surface area contributed by atoms with Gasteiger partial charge >= 0.3 is 0 Å². The van der Waals surface area contributed by atoms with Crippen LogP contribution >= 0.6 is 0 Å². The lowest BCUT2D eigenvalue weighted by Gasteiger charge is -2.07. The minimum Gasteiger partial charge on any atom is -0.454 e. The molecular weight excluding hydrogens is 292 g/mol. The summed E-state index contributed by atoms with van der Waals surface area (Å²) in [6.07, 6.45) is 0.405. The maximum Gasteiger partial charge on any atom is 0.231 e. The van der Waals surface area contributed by atoms with Crippen molar-refractivity contribution in [2.45, 2.75) is 13.0 Å². The second-order valence-electron chi connectivity index (χ2n) is 5.31. The van der Waals surface area contributed by atoms with Crippen molar-refractivity contribution < 1.29 is 9.47 Å². The van der Waals surface area contributed by atoms with Gasteiger partial charge in [0, 0.05) is 29.9 Å². The van der Waals surface area contributed by atoms with Crippen LogP contribution in [0.15, 0.2) is 36.4 Å². The molecular formula is C17H14N4O2. The summed E-state index contributed by atoms with van der Waals surface area (Å²) in [5.41, 5.74) is 9.16. The molecule has 0 atom stereocenters. The van der Waals surface area contributed by atoms with Crippen LogP contribution in [-0.4, -0.2) is 16.3 Å². The van der Waals surface area contributed by atoms with Crippen molar-refractivity contribution in [1.29, 1.82) is 5.26 Å². The molecule has 114 valence electrons. The third kappa shape index (κ3) is 2.23. The zero-order valence-corrected chi connectivity index (χ0v) is 12.3. The zero-order valence-electron chi connectivity index (χ0n) is 12.3. The van der Waals surface area contributed by atoms with Gasteiger partial charge in [-0.2, -0.15) is 5.26 Å². The first-order chi connectivity index (χ1) is 11.3. The molecule has 1 aromatic heterocycles. The molecule has 0 spiro atoms. The highest BCUT2D eigenvalue weighted by atomic mass is 16.7. The van der Waals surface area contributed by atoms with Crippen molar-refractivity contribution in [3.63, 3.8) is 0 Å². The molecule has 0 bridgehead atoms. The molecule has 0 radical (unpaired) electrons. The van der Waals surface area contributed by atoms with Crippen LogP contribution in [0.25, 0.3) is 22.4 Å². The summed E-state index contributed by atoms with van der Waals surface area (Å²) in [5, 5.41) is 8.94. The van der Waals surface area contributed by atoms with Crippen LogP contribution in [0.1, 0.15) is 6.42 Å². The molecule has 23 heavy (non-hydrogen) atoms. The van der Waals surface area contributed by atoms with E-state index in [-0.39, 0.29) is 6.79 Å². The van der Waals surface area contributed by atoms with Gasteiger partial charge in [-0.15, -0.1) is 0 Å². The standard InChI is InChI=1S/C17H14N4O2/c18-6-1-7-21-14-9-16-15(22-10-23-16)8-13(14)20-17(21)11-2-4-12(19)5-3-11/h2-5,8-9H,1,7,10,19H2. The summed E-state index contributed by atoms with van der Waals surface area (Å²) in [5.74, 6) is 2.21. The lowest BCUT2D eigenvalue weighted by atomic mass is 10.2. The Kier molecular flexibility index (Phi) is 3.05. The summed E-state index contributed by atoms with van der Waals surface area (Å²) in [4.78, 5) is 4.72. The lowest BCUT2D eigenvalue weighted by Crippen LogP contribution is -2.00. The Hall–Kier alpha value is -3.20. The molecule has 6 nitrogen and oxygen atoms in total. The highest BCUT2D eigenvalue weighted by molar-refractivity contribution is 5.84. The molecule has 0 unspecified atom stereocenters. The Bertz CT molecular complexity index is 922. The Morgan fingerprint density at radius 3 is 2.65 bits per heavy atom. The molecule has 1 aliphatic heterocycles. The first kappa shape index (κ1) is 13.5. The number of nitrogens with zero attached hydrogens (tertiary/aromatic N) is 3. The number of aromatic nitrogens is 2. The fourth-order valence-corrected chi connectivity index (χ4v) is 2.76. The van der Waals surface area contributed by atoms with Crippen molar-refractivity contribution in [3.05, 3.63) is 36.4 Å². The number of benzene rings is 2. The number of ether oxygens (including phenoxy) is 2. The number of aryl methyl sites for hydroxylation is 1. The summed E-state index contributed by atoms with van der Waals surface area (Å²) in [6, 6.07) is 13.5. The van der Waals surface area contributed by atoms with Crippen molar-refractivity contribution >= 4 is 16.7 Å². The van der Waals surface area contributed by atoms with Gasteiger partial charge in [-0.1, -0.05) is 0 Å². The van der Waals surface area contributed by atoms with Gasteiger partial charge < -0.3 is 19.8 Å². The summed E-state index contributed by atoms with van der Waals surface area (Å²) < 4.78 is 12.9. The van der Waals surface area contributed by atoms with E-state index in [4.69, 9.17) is 25.5 Å². The van der Waals surface area contributed by atoms with Crippen LogP contribution in [0, 0.1) is 11.3 Å². The monoisotopic (exact) mass is 306 g/mol. The quantitative estimate of drug-likeness (QED) is 0.752. The Labute approximate surface area is 132 Å². The number of hydrogen-bond donors (Lipinski definition) is 1. The van der Waals surface area contributed by atoms with Gasteiger partial charge in [0.2, 0.25) is 6.79 Å². The Morgan fingerprint density at radius 1 is 1.17 bits per heavy atom. The molecule has 0 saturated heterocycles. The average molecular weight is 306 g/mol. The Morgan fingerprint density at radius 2 is 1.91 bits per heavy atom. The largest absolute Gasteiger partial charge is 0.454 e. The third-order valence-electron chi connectivity index (χ3n) is 3.86. The number of fused-ring (bicyclic) bond motifs is 2. The van der Waals surface area contributed by atoms with E-state index in [9.17, 15) is 0 Å². The molecule has 0 fully saturated rings. The highest BCUT2D eigenvalue weighted by Crippen LogP contribution is 2.37. The maximum absolute atomic E-state index is 8.94. The SMILES string of the molecule is N#CCCn1c(-c2ccc(N)cc2)nc2cc3c(cc21)OCO3.